The van der Waals surface area contributed by atoms with Gasteiger partial charge in [0.2, 0.25) is 5.78 Å². The van der Waals surface area contributed by atoms with Crippen molar-refractivity contribution < 1.29 is 83.3 Å². The van der Waals surface area contributed by atoms with E-state index in [9.17, 15) is 50.1 Å². The predicted molar refractivity (Wildman–Crippen MR) is 205 cm³/mol. The lowest BCUT2D eigenvalue weighted by molar-refractivity contribution is -0.329. The van der Waals surface area contributed by atoms with Gasteiger partial charge < -0.3 is 74.2 Å². The van der Waals surface area contributed by atoms with E-state index >= 15 is 0 Å². The summed E-state index contributed by atoms with van der Waals surface area (Å²) >= 11 is 0. The van der Waals surface area contributed by atoms with Crippen molar-refractivity contribution in [2.45, 2.75) is 158 Å². The summed E-state index contributed by atoms with van der Waals surface area (Å²) in [6.07, 6.45) is -10.6. The normalized spacial score (nSPS) is 37.8. The molecule has 0 saturated carbocycles. The van der Waals surface area contributed by atoms with Crippen molar-refractivity contribution in [3.05, 3.63) is 51.6 Å². The van der Waals surface area contributed by atoms with Crippen LogP contribution in [0.1, 0.15) is 122 Å². The summed E-state index contributed by atoms with van der Waals surface area (Å²) in [5.74, 6) is -5.90. The number of hydrogen-bond donors (Lipinski definition) is 8. The van der Waals surface area contributed by atoms with Crippen LogP contribution in [0.15, 0.2) is 18.2 Å². The lowest BCUT2D eigenvalue weighted by atomic mass is 9.67. The second-order valence-electron chi connectivity index (χ2n) is 16.4. The molecule has 7 rings (SSSR count). The molecule has 5 aliphatic rings. The largest absolute Gasteiger partial charge is 0.507 e. The Hall–Kier alpha value is -3.79. The van der Waals surface area contributed by atoms with E-state index in [0.29, 0.717) is 0 Å². The molecule has 3 aliphatic heterocycles. The Bertz CT molecular complexity index is 1950. The average molecular weight is 846 g/mol. The number of nitrogens with one attached hydrogen (secondary N) is 1. The maximum Gasteiger partial charge on any atom is 0.316 e. The zero-order valence-electron chi connectivity index (χ0n) is 34.3. The molecule has 0 spiro atoms. The number of phenolic OH excluding ortho intramolecular Hbond substituents is 3. The number of likely N-dealkylation sites (N-methyl/N-ethyl adjacent to an activating group) is 1. The maximum absolute atomic E-state index is 14.0. The van der Waals surface area contributed by atoms with Gasteiger partial charge in [-0.1, -0.05) is 6.92 Å². The highest BCUT2D eigenvalue weighted by atomic mass is 16.7. The molecule has 3 saturated heterocycles. The van der Waals surface area contributed by atoms with Crippen LogP contribution in [-0.4, -0.2) is 146 Å². The van der Waals surface area contributed by atoms with Gasteiger partial charge in [0.25, 0.3) is 0 Å². The monoisotopic (exact) mass is 845 g/mol. The van der Waals surface area contributed by atoms with Crippen molar-refractivity contribution in [1.82, 2.24) is 5.32 Å². The number of aliphatic hydroxyl groups is 4. The molecule has 0 amide bonds. The summed E-state index contributed by atoms with van der Waals surface area (Å²) < 4.78 is 42.5. The van der Waals surface area contributed by atoms with Crippen molar-refractivity contribution in [2.24, 2.45) is 0 Å². The van der Waals surface area contributed by atoms with Crippen LogP contribution in [-0.2, 0) is 38.0 Å². The summed E-state index contributed by atoms with van der Waals surface area (Å²) in [6, 6.07) is 2.93. The number of carbonyl (C=O) groups excluding carboxylic acids is 3. The minimum atomic E-state index is -1.82. The molecule has 3 heterocycles. The summed E-state index contributed by atoms with van der Waals surface area (Å²) in [4.78, 5) is 41.5. The first-order valence-electron chi connectivity index (χ1n) is 20.5. The number of ether oxygens (including phenoxy) is 7. The third-order valence-corrected chi connectivity index (χ3v) is 12.6. The fraction of sp³-hybridized carbons (Fsp3) is 0.643. The highest BCUT2D eigenvalue weighted by molar-refractivity contribution is 6.31. The molecule has 330 valence electrons. The number of aromatic hydroxyl groups is 3. The van der Waals surface area contributed by atoms with E-state index in [0.717, 1.165) is 12.1 Å². The lowest BCUT2D eigenvalue weighted by Gasteiger charge is -2.47. The van der Waals surface area contributed by atoms with Crippen molar-refractivity contribution in [3.63, 3.8) is 0 Å². The molecule has 18 nitrogen and oxygen atoms in total. The number of esters is 1. The summed E-state index contributed by atoms with van der Waals surface area (Å²) in [5, 5.41) is 80.0. The van der Waals surface area contributed by atoms with Crippen LogP contribution in [0, 0.1) is 0 Å². The van der Waals surface area contributed by atoms with E-state index < -0.39 is 143 Å². The maximum atomic E-state index is 14.0. The molecule has 8 N–H and O–H groups in total. The summed E-state index contributed by atoms with van der Waals surface area (Å²) in [6.45, 7) is 8.31. The molecule has 0 aromatic heterocycles. The highest BCUT2D eigenvalue weighted by Crippen LogP contribution is 2.54. The van der Waals surface area contributed by atoms with Crippen LogP contribution in [0.5, 0.6) is 17.2 Å². The molecule has 60 heavy (non-hydrogen) atoms. The van der Waals surface area contributed by atoms with Crippen LogP contribution in [0.2, 0.25) is 0 Å². The number of ketones is 2. The molecular weight excluding hydrogens is 790 g/mol. The predicted octanol–water partition coefficient (Wildman–Crippen LogP) is 1.67. The fourth-order valence-electron chi connectivity index (χ4n) is 9.43. The van der Waals surface area contributed by atoms with Crippen LogP contribution >= 0.6 is 0 Å². The standard InChI is InChI=1S/C42H55NO17/c1-7-42(53)15-26(30-19(34(42)41(52)54-8-2)11-20-31(37(30)50)38(51)33-23(45)10-9-22(44)32(33)36(20)49)58-27-12-21(43-6)39(17(4)56-27)59-29-14-25(47)40(18(5)57-29)60-28-13-24(46)35(48)16(3)55-28/h9-11,16-18,21,24-29,34-35,39-40,43-48,50,53H,7-8,12-15H2,1-6H3/t16-,17-,18-,21-,24-,25-,26-,27-,28-,29+,34-,35+,39+,40+,42+/m0/s1. The second kappa shape index (κ2) is 17.2. The van der Waals surface area contributed by atoms with Gasteiger partial charge in [0.15, 0.2) is 24.7 Å². The molecule has 15 atom stereocenters. The number of phenols is 3. The molecule has 2 aromatic rings. The molecular formula is C42H55NO17. The van der Waals surface area contributed by atoms with E-state index in [-0.39, 0.29) is 55.4 Å². The van der Waals surface area contributed by atoms with Gasteiger partial charge in [-0.25, -0.2) is 0 Å². The topological polar surface area (TPSA) is 269 Å². The van der Waals surface area contributed by atoms with Gasteiger partial charge in [-0.2, -0.15) is 0 Å². The number of hydrogen-bond acceptors (Lipinski definition) is 18. The third kappa shape index (κ3) is 7.81. The Balaban J connectivity index is 1.13. The van der Waals surface area contributed by atoms with E-state index in [1.807, 2.05) is 0 Å². The van der Waals surface area contributed by atoms with Crippen LogP contribution < -0.4 is 5.32 Å². The zero-order chi connectivity index (χ0) is 43.5. The van der Waals surface area contributed by atoms with Gasteiger partial charge in [0, 0.05) is 42.9 Å². The summed E-state index contributed by atoms with van der Waals surface area (Å²) in [5.41, 5.74) is -3.62. The fourth-order valence-corrected chi connectivity index (χ4v) is 9.43. The molecule has 0 unspecified atom stereocenters. The molecule has 0 bridgehead atoms. The molecule has 3 fully saturated rings. The van der Waals surface area contributed by atoms with Crippen molar-refractivity contribution >= 4 is 17.5 Å². The minimum Gasteiger partial charge on any atom is -0.507 e. The lowest BCUT2D eigenvalue weighted by Crippen LogP contribution is -2.58. The Morgan fingerprint density at radius 2 is 1.37 bits per heavy atom. The Morgan fingerprint density at radius 3 is 1.95 bits per heavy atom. The SMILES string of the molecule is CCOC(=O)[C@@H]1c2cc3c(c(O)c2[C@@H](O[C@H]2C[C@H](NC)[C@H](O[C@@H]4C[C@H](O)[C@H](O[C@H]5C[C@H](O)[C@H](O)[C@H](C)O5)[C@H](C)O4)[C@H](C)O2)C[C@]1(O)CC)C(=O)c1c(O)ccc(O)c1C3=O. The number of fused-ring (bicyclic) bond motifs is 3. The van der Waals surface area contributed by atoms with Crippen LogP contribution in [0.25, 0.3) is 0 Å². The molecule has 18 heteroatoms. The van der Waals surface area contributed by atoms with Gasteiger partial charge in [-0.3, -0.25) is 14.4 Å². The zero-order valence-corrected chi connectivity index (χ0v) is 34.3. The van der Waals surface area contributed by atoms with E-state index in [1.165, 1.54) is 6.07 Å². The Kier molecular flexibility index (Phi) is 12.7. The minimum absolute atomic E-state index is 0.00693. The first-order valence-corrected chi connectivity index (χ1v) is 20.5. The highest BCUT2D eigenvalue weighted by Gasteiger charge is 2.54. The first kappa shape index (κ1) is 44.3. The van der Waals surface area contributed by atoms with E-state index in [4.69, 9.17) is 33.2 Å². The molecule has 2 aliphatic carbocycles. The smallest absolute Gasteiger partial charge is 0.316 e. The Morgan fingerprint density at radius 1 is 0.800 bits per heavy atom. The average Bonchev–Trinajstić information content (AvgIpc) is 3.18. The second-order valence-corrected chi connectivity index (χ2v) is 16.4. The van der Waals surface area contributed by atoms with Crippen LogP contribution in [0.3, 0.4) is 0 Å². The van der Waals surface area contributed by atoms with Crippen molar-refractivity contribution in [1.29, 1.82) is 0 Å². The number of carbonyl (C=O) groups is 3. The van der Waals surface area contributed by atoms with Crippen molar-refractivity contribution in [3.8, 4) is 17.2 Å². The van der Waals surface area contributed by atoms with Crippen molar-refractivity contribution in [2.75, 3.05) is 13.7 Å². The van der Waals surface area contributed by atoms with Crippen LogP contribution in [0.4, 0.5) is 0 Å². The number of rotatable bonds is 10. The van der Waals surface area contributed by atoms with Gasteiger partial charge in [0.1, 0.15) is 41.5 Å². The number of aliphatic hydroxyl groups excluding tert-OH is 3. The summed E-state index contributed by atoms with van der Waals surface area (Å²) in [7, 11) is 1.72. The quantitative estimate of drug-likeness (QED) is 0.107. The molecule has 2 aromatic carbocycles. The molecule has 0 radical (unpaired) electrons. The van der Waals surface area contributed by atoms with E-state index in [2.05, 4.69) is 5.32 Å². The van der Waals surface area contributed by atoms with Gasteiger partial charge in [0.05, 0.1) is 65.5 Å². The first-order chi connectivity index (χ1) is 28.4. The number of benzene rings is 2. The Labute approximate surface area is 346 Å². The third-order valence-electron chi connectivity index (χ3n) is 12.6. The van der Waals surface area contributed by atoms with Gasteiger partial charge in [-0.05, 0) is 64.9 Å². The van der Waals surface area contributed by atoms with Gasteiger partial charge >= 0.3 is 5.97 Å². The van der Waals surface area contributed by atoms with Gasteiger partial charge in [-0.15, -0.1) is 0 Å². The van der Waals surface area contributed by atoms with E-state index in [1.54, 1.807) is 41.7 Å².